The Balaban J connectivity index is 1.99. The number of ether oxygens (including phenoxy) is 1. The molecule has 0 saturated carbocycles. The predicted molar refractivity (Wildman–Crippen MR) is 82.2 cm³/mol. The van der Waals surface area contributed by atoms with Crippen molar-refractivity contribution in [2.75, 3.05) is 19.8 Å². The highest BCUT2D eigenvalue weighted by Gasteiger charge is 2.19. The Kier molecular flexibility index (Phi) is 6.34. The van der Waals surface area contributed by atoms with Crippen LogP contribution in [0.1, 0.15) is 56.2 Å². The quantitative estimate of drug-likeness (QED) is 0.717. The van der Waals surface area contributed by atoms with Gasteiger partial charge in [0.05, 0.1) is 6.61 Å². The molecule has 0 radical (unpaired) electrons. The molecule has 0 heterocycles. The molecule has 0 fully saturated rings. The van der Waals surface area contributed by atoms with Gasteiger partial charge in [0.1, 0.15) is 5.75 Å². The third-order valence-corrected chi connectivity index (χ3v) is 3.89. The molecular formula is C17H27NO2. The van der Waals surface area contributed by atoms with E-state index in [2.05, 4.69) is 30.4 Å². The molecule has 1 atom stereocenters. The van der Waals surface area contributed by atoms with Gasteiger partial charge in [0.15, 0.2) is 0 Å². The molecule has 3 heteroatoms. The number of unbranched alkanes of at least 4 members (excludes halogenated alkanes) is 1. The Bertz CT molecular complexity index is 406. The summed E-state index contributed by atoms with van der Waals surface area (Å²) in [7, 11) is 0. The summed E-state index contributed by atoms with van der Waals surface area (Å²) in [6, 6.07) is 7.00. The molecule has 112 valence electrons. The van der Waals surface area contributed by atoms with E-state index in [1.54, 1.807) is 0 Å². The maximum Gasteiger partial charge on any atom is 0.119 e. The summed E-state index contributed by atoms with van der Waals surface area (Å²) in [6.45, 7) is 4.21. The van der Waals surface area contributed by atoms with Gasteiger partial charge in [0.25, 0.3) is 0 Å². The van der Waals surface area contributed by atoms with Crippen molar-refractivity contribution in [1.29, 1.82) is 0 Å². The average Bonchev–Trinajstić information content (AvgIpc) is 2.49. The summed E-state index contributed by atoms with van der Waals surface area (Å²) in [5.41, 5.74) is 2.89. The summed E-state index contributed by atoms with van der Waals surface area (Å²) < 4.78 is 5.79. The molecule has 0 amide bonds. The number of rotatable bonds is 8. The van der Waals surface area contributed by atoms with Crippen molar-refractivity contribution in [3.8, 4) is 5.75 Å². The van der Waals surface area contributed by atoms with Crippen LogP contribution in [0.2, 0.25) is 0 Å². The maximum atomic E-state index is 8.77. The van der Waals surface area contributed by atoms with E-state index < -0.39 is 0 Å². The molecule has 0 aliphatic heterocycles. The minimum absolute atomic E-state index is 0.247. The van der Waals surface area contributed by atoms with Crippen molar-refractivity contribution in [3.63, 3.8) is 0 Å². The van der Waals surface area contributed by atoms with Crippen LogP contribution in [-0.4, -0.2) is 24.9 Å². The fourth-order valence-electron chi connectivity index (χ4n) is 2.80. The number of hydrogen-bond acceptors (Lipinski definition) is 3. The number of fused-ring (bicyclic) bond motifs is 1. The van der Waals surface area contributed by atoms with Crippen molar-refractivity contribution in [2.24, 2.45) is 0 Å². The van der Waals surface area contributed by atoms with Gasteiger partial charge in [0, 0.05) is 12.6 Å². The van der Waals surface area contributed by atoms with Crippen molar-refractivity contribution in [3.05, 3.63) is 29.3 Å². The van der Waals surface area contributed by atoms with Crippen molar-refractivity contribution >= 4 is 0 Å². The van der Waals surface area contributed by atoms with E-state index in [4.69, 9.17) is 9.84 Å². The van der Waals surface area contributed by atoms with Crippen LogP contribution in [0.25, 0.3) is 0 Å². The summed E-state index contributed by atoms with van der Waals surface area (Å²) >= 11 is 0. The topological polar surface area (TPSA) is 41.5 Å². The van der Waals surface area contributed by atoms with Crippen molar-refractivity contribution in [1.82, 2.24) is 5.32 Å². The van der Waals surface area contributed by atoms with Gasteiger partial charge in [-0.15, -0.1) is 0 Å². The van der Waals surface area contributed by atoms with E-state index in [0.29, 0.717) is 12.6 Å². The molecule has 1 unspecified atom stereocenters. The van der Waals surface area contributed by atoms with Crippen molar-refractivity contribution < 1.29 is 9.84 Å². The van der Waals surface area contributed by atoms with Crippen LogP contribution in [-0.2, 0) is 6.42 Å². The number of nitrogens with one attached hydrogen (secondary N) is 1. The fourth-order valence-corrected chi connectivity index (χ4v) is 2.80. The zero-order valence-electron chi connectivity index (χ0n) is 12.5. The largest absolute Gasteiger partial charge is 0.494 e. The third kappa shape index (κ3) is 4.22. The van der Waals surface area contributed by atoms with Gasteiger partial charge in [-0.3, -0.25) is 0 Å². The van der Waals surface area contributed by atoms with Crippen LogP contribution in [0.5, 0.6) is 5.75 Å². The normalized spacial score (nSPS) is 17.8. The van der Waals surface area contributed by atoms with Crippen LogP contribution in [0.3, 0.4) is 0 Å². The Hall–Kier alpha value is -1.06. The van der Waals surface area contributed by atoms with E-state index >= 15 is 0 Å². The fraction of sp³-hybridized carbons (Fsp3) is 0.647. The van der Waals surface area contributed by atoms with Gasteiger partial charge in [-0.2, -0.15) is 0 Å². The lowest BCUT2D eigenvalue weighted by Crippen LogP contribution is -2.25. The lowest BCUT2D eigenvalue weighted by molar-refractivity contribution is 0.253. The molecule has 1 aliphatic carbocycles. The number of aryl methyl sites for hydroxylation is 1. The average molecular weight is 277 g/mol. The molecular weight excluding hydrogens is 250 g/mol. The summed E-state index contributed by atoms with van der Waals surface area (Å²) in [4.78, 5) is 0. The van der Waals surface area contributed by atoms with Crippen LogP contribution in [0.4, 0.5) is 0 Å². The monoisotopic (exact) mass is 277 g/mol. The Labute approximate surface area is 122 Å². The zero-order valence-corrected chi connectivity index (χ0v) is 12.5. The van der Waals surface area contributed by atoms with E-state index in [0.717, 1.165) is 25.1 Å². The molecule has 0 bridgehead atoms. The van der Waals surface area contributed by atoms with E-state index in [9.17, 15) is 0 Å². The summed E-state index contributed by atoms with van der Waals surface area (Å²) in [5.74, 6) is 0.965. The Morgan fingerprint density at radius 2 is 2.25 bits per heavy atom. The highest BCUT2D eigenvalue weighted by Crippen LogP contribution is 2.32. The SMILES string of the molecule is CCCNC1CCCc2ccc(OCCCCO)cc21. The second-order valence-electron chi connectivity index (χ2n) is 5.54. The first kappa shape index (κ1) is 15.3. The van der Waals surface area contributed by atoms with E-state index in [1.807, 2.05) is 0 Å². The number of hydrogen-bond donors (Lipinski definition) is 2. The lowest BCUT2D eigenvalue weighted by atomic mass is 9.87. The predicted octanol–water partition coefficient (Wildman–Crippen LogP) is 3.21. The second kappa shape index (κ2) is 8.28. The summed E-state index contributed by atoms with van der Waals surface area (Å²) in [6.07, 6.45) is 6.57. The molecule has 1 aliphatic rings. The Morgan fingerprint density at radius 3 is 3.05 bits per heavy atom. The standard InChI is InChI=1S/C17H27NO2/c1-2-10-18-17-7-5-6-14-8-9-15(13-16(14)17)20-12-4-3-11-19/h8-9,13,17-19H,2-7,10-12H2,1H3. The third-order valence-electron chi connectivity index (χ3n) is 3.89. The lowest BCUT2D eigenvalue weighted by Gasteiger charge is -2.27. The van der Waals surface area contributed by atoms with Gasteiger partial charge >= 0.3 is 0 Å². The van der Waals surface area contributed by atoms with Crippen LogP contribution >= 0.6 is 0 Å². The first-order valence-electron chi connectivity index (χ1n) is 7.95. The maximum absolute atomic E-state index is 8.77. The van der Waals surface area contributed by atoms with E-state index in [-0.39, 0.29) is 6.61 Å². The molecule has 3 nitrogen and oxygen atoms in total. The molecule has 20 heavy (non-hydrogen) atoms. The molecule has 1 aromatic rings. The van der Waals surface area contributed by atoms with Gasteiger partial charge in [-0.1, -0.05) is 13.0 Å². The smallest absolute Gasteiger partial charge is 0.119 e. The first-order valence-corrected chi connectivity index (χ1v) is 7.95. The number of aliphatic hydroxyl groups is 1. The number of benzene rings is 1. The van der Waals surface area contributed by atoms with Crippen LogP contribution in [0.15, 0.2) is 18.2 Å². The Morgan fingerprint density at radius 1 is 1.35 bits per heavy atom. The van der Waals surface area contributed by atoms with E-state index in [1.165, 1.54) is 36.8 Å². The molecule has 1 aromatic carbocycles. The second-order valence-corrected chi connectivity index (χ2v) is 5.54. The highest BCUT2D eigenvalue weighted by atomic mass is 16.5. The molecule has 2 N–H and O–H groups in total. The number of aliphatic hydroxyl groups excluding tert-OH is 1. The van der Waals surface area contributed by atoms with Gasteiger partial charge in [-0.05, 0) is 68.3 Å². The van der Waals surface area contributed by atoms with Gasteiger partial charge in [-0.25, -0.2) is 0 Å². The zero-order chi connectivity index (χ0) is 14.2. The van der Waals surface area contributed by atoms with Gasteiger partial charge in [0.2, 0.25) is 0 Å². The van der Waals surface area contributed by atoms with Gasteiger partial charge < -0.3 is 15.2 Å². The minimum Gasteiger partial charge on any atom is -0.494 e. The van der Waals surface area contributed by atoms with Crippen LogP contribution < -0.4 is 10.1 Å². The highest BCUT2D eigenvalue weighted by molar-refractivity contribution is 5.39. The minimum atomic E-state index is 0.247. The molecule has 0 spiro atoms. The summed E-state index contributed by atoms with van der Waals surface area (Å²) in [5, 5.41) is 12.4. The van der Waals surface area contributed by atoms with Crippen molar-refractivity contribution in [2.45, 2.75) is 51.5 Å². The van der Waals surface area contributed by atoms with Crippen LogP contribution in [0, 0.1) is 0 Å². The molecule has 2 rings (SSSR count). The first-order chi connectivity index (χ1) is 9.85. The molecule has 0 aromatic heterocycles. The molecule has 0 saturated heterocycles.